The van der Waals surface area contributed by atoms with Crippen molar-refractivity contribution in [1.82, 2.24) is 9.88 Å². The van der Waals surface area contributed by atoms with E-state index in [2.05, 4.69) is 11.9 Å². The first kappa shape index (κ1) is 17.5. The van der Waals surface area contributed by atoms with E-state index in [1.807, 2.05) is 4.90 Å². The Labute approximate surface area is 148 Å². The number of ether oxygens (including phenoxy) is 2. The highest BCUT2D eigenvalue weighted by Crippen LogP contribution is 2.27. The highest BCUT2D eigenvalue weighted by atomic mass is 35.5. The summed E-state index contributed by atoms with van der Waals surface area (Å²) < 4.78 is 11.2. The molecule has 1 unspecified atom stereocenters. The number of nitrogens with zero attached hydrogens (tertiary/aromatic N) is 2. The van der Waals surface area contributed by atoms with Crippen LogP contribution in [0.15, 0.2) is 12.3 Å². The second-order valence-electron chi connectivity index (χ2n) is 6.50. The van der Waals surface area contributed by atoms with Gasteiger partial charge in [0, 0.05) is 31.6 Å². The van der Waals surface area contributed by atoms with Crippen LogP contribution < -0.4 is 4.74 Å². The van der Waals surface area contributed by atoms with Gasteiger partial charge in [-0.25, -0.2) is 4.98 Å². The number of carbonyl (C=O) groups excluding carboxylic acids is 1. The zero-order chi connectivity index (χ0) is 16.9. The first-order valence-corrected chi connectivity index (χ1v) is 9.27. The van der Waals surface area contributed by atoms with Gasteiger partial charge in [-0.3, -0.25) is 4.79 Å². The molecule has 2 saturated heterocycles. The molecule has 0 aliphatic carbocycles. The van der Waals surface area contributed by atoms with Crippen LogP contribution in [0.2, 0.25) is 5.02 Å². The van der Waals surface area contributed by atoms with Gasteiger partial charge in [-0.1, -0.05) is 18.5 Å². The Hall–Kier alpha value is -1.33. The summed E-state index contributed by atoms with van der Waals surface area (Å²) in [6.45, 7) is 4.35. The maximum absolute atomic E-state index is 12.8. The molecular formula is C18H25ClN2O3. The summed E-state index contributed by atoms with van der Waals surface area (Å²) in [6, 6.07) is 2.01. The predicted octanol–water partition coefficient (Wildman–Crippen LogP) is 3.70. The van der Waals surface area contributed by atoms with Crippen LogP contribution >= 0.6 is 11.6 Å². The second kappa shape index (κ2) is 8.17. The molecule has 2 aliphatic rings. The lowest BCUT2D eigenvalue weighted by Crippen LogP contribution is -2.43. The summed E-state index contributed by atoms with van der Waals surface area (Å²) in [6.07, 6.45) is 7.66. The molecule has 1 aromatic rings. The van der Waals surface area contributed by atoms with Crippen LogP contribution in [0.1, 0.15) is 55.8 Å². The maximum atomic E-state index is 12.8. The van der Waals surface area contributed by atoms with Crippen molar-refractivity contribution in [2.75, 3.05) is 19.8 Å². The lowest BCUT2D eigenvalue weighted by Gasteiger charge is -2.35. The van der Waals surface area contributed by atoms with E-state index in [1.165, 1.54) is 6.42 Å². The highest BCUT2D eigenvalue weighted by Gasteiger charge is 2.27. The fourth-order valence-electron chi connectivity index (χ4n) is 3.44. The molecule has 6 heteroatoms. The zero-order valence-electron chi connectivity index (χ0n) is 14.2. The molecule has 0 spiro atoms. The Morgan fingerprint density at radius 3 is 2.88 bits per heavy atom. The molecule has 0 bridgehead atoms. The van der Waals surface area contributed by atoms with Crippen molar-refractivity contribution in [2.24, 2.45) is 0 Å². The fourth-order valence-corrected chi connectivity index (χ4v) is 3.65. The predicted molar refractivity (Wildman–Crippen MR) is 92.7 cm³/mol. The minimum atomic E-state index is 0.0218. The number of piperidine rings is 1. The topological polar surface area (TPSA) is 51.7 Å². The van der Waals surface area contributed by atoms with Crippen LogP contribution in [0.5, 0.6) is 5.88 Å². The van der Waals surface area contributed by atoms with E-state index >= 15 is 0 Å². The van der Waals surface area contributed by atoms with Crippen molar-refractivity contribution >= 4 is 17.5 Å². The minimum Gasteiger partial charge on any atom is -0.473 e. The van der Waals surface area contributed by atoms with Gasteiger partial charge in [-0.15, -0.1) is 0 Å². The number of aromatic nitrogens is 1. The first-order chi connectivity index (χ1) is 11.7. The quantitative estimate of drug-likeness (QED) is 0.829. The summed E-state index contributed by atoms with van der Waals surface area (Å²) in [5.74, 6) is 0.430. The van der Waals surface area contributed by atoms with Crippen LogP contribution in [0.25, 0.3) is 0 Å². The van der Waals surface area contributed by atoms with Gasteiger partial charge in [0.1, 0.15) is 11.1 Å². The number of rotatable bonds is 4. The first-order valence-electron chi connectivity index (χ1n) is 8.90. The molecule has 0 radical (unpaired) electrons. The van der Waals surface area contributed by atoms with Gasteiger partial charge in [0.15, 0.2) is 0 Å². The molecule has 0 N–H and O–H groups in total. The van der Waals surface area contributed by atoms with Crippen LogP contribution in [-0.2, 0) is 4.74 Å². The van der Waals surface area contributed by atoms with Gasteiger partial charge < -0.3 is 14.4 Å². The van der Waals surface area contributed by atoms with Crippen molar-refractivity contribution < 1.29 is 14.3 Å². The van der Waals surface area contributed by atoms with Crippen LogP contribution in [0.4, 0.5) is 0 Å². The Morgan fingerprint density at radius 1 is 1.38 bits per heavy atom. The molecule has 24 heavy (non-hydrogen) atoms. The van der Waals surface area contributed by atoms with E-state index in [9.17, 15) is 4.79 Å². The van der Waals surface area contributed by atoms with E-state index in [-0.39, 0.29) is 12.0 Å². The van der Waals surface area contributed by atoms with Gasteiger partial charge in [0.25, 0.3) is 5.91 Å². The largest absolute Gasteiger partial charge is 0.473 e. The summed E-state index contributed by atoms with van der Waals surface area (Å²) >= 11 is 6.31. The average molecular weight is 353 g/mol. The number of amides is 1. The summed E-state index contributed by atoms with van der Waals surface area (Å²) in [5, 5.41) is 0.400. The number of halogens is 1. The van der Waals surface area contributed by atoms with Gasteiger partial charge in [-0.05, 0) is 31.7 Å². The minimum absolute atomic E-state index is 0.0218. The van der Waals surface area contributed by atoms with E-state index in [4.69, 9.17) is 21.1 Å². The Morgan fingerprint density at radius 2 is 2.17 bits per heavy atom. The summed E-state index contributed by atoms with van der Waals surface area (Å²) in [7, 11) is 0. The molecule has 0 saturated carbocycles. The lowest BCUT2D eigenvalue weighted by atomic mass is 9.99. The molecule has 1 amide bonds. The van der Waals surface area contributed by atoms with Crippen molar-refractivity contribution in [3.05, 3.63) is 22.8 Å². The molecular weight excluding hydrogens is 328 g/mol. The van der Waals surface area contributed by atoms with Gasteiger partial charge in [0.2, 0.25) is 5.88 Å². The second-order valence-corrected chi connectivity index (χ2v) is 6.90. The zero-order valence-corrected chi connectivity index (χ0v) is 14.9. The van der Waals surface area contributed by atoms with Gasteiger partial charge in [0.05, 0.1) is 18.8 Å². The van der Waals surface area contributed by atoms with Crippen molar-refractivity contribution in [3.63, 3.8) is 0 Å². The van der Waals surface area contributed by atoms with E-state index < -0.39 is 0 Å². The third-order valence-electron chi connectivity index (χ3n) is 4.86. The third-order valence-corrected chi connectivity index (χ3v) is 5.13. The smallest absolute Gasteiger partial charge is 0.255 e. The molecule has 2 aliphatic heterocycles. The van der Waals surface area contributed by atoms with Crippen molar-refractivity contribution in [1.29, 1.82) is 0 Å². The molecule has 1 aromatic heterocycles. The number of likely N-dealkylation sites (tertiary alicyclic amines) is 1. The lowest BCUT2D eigenvalue weighted by molar-refractivity contribution is 0.0237. The van der Waals surface area contributed by atoms with Gasteiger partial charge >= 0.3 is 0 Å². The molecule has 2 fully saturated rings. The Balaban J connectivity index is 1.70. The standard InChI is InChI=1S/C18H25ClN2O3/c1-2-14-5-3-4-8-21(14)18(22)13-11-16(19)17(20-12-13)24-15-6-9-23-10-7-15/h11-12,14-15H,2-10H2,1H3. The normalized spacial score (nSPS) is 22.4. The molecule has 3 rings (SSSR count). The monoisotopic (exact) mass is 352 g/mol. The fraction of sp³-hybridized carbons (Fsp3) is 0.667. The average Bonchev–Trinajstić information content (AvgIpc) is 2.63. The highest BCUT2D eigenvalue weighted by molar-refractivity contribution is 6.32. The van der Waals surface area contributed by atoms with E-state index in [1.54, 1.807) is 12.3 Å². The Kier molecular flexibility index (Phi) is 5.95. The maximum Gasteiger partial charge on any atom is 0.255 e. The number of hydrogen-bond donors (Lipinski definition) is 0. The molecule has 0 aromatic carbocycles. The van der Waals surface area contributed by atoms with Crippen LogP contribution in [0, 0.1) is 0 Å². The van der Waals surface area contributed by atoms with Crippen molar-refractivity contribution in [3.8, 4) is 5.88 Å². The summed E-state index contributed by atoms with van der Waals surface area (Å²) in [4.78, 5) is 19.1. The Bertz CT molecular complexity index is 575. The number of carbonyl (C=O) groups is 1. The van der Waals surface area contributed by atoms with E-state index in [0.29, 0.717) is 35.7 Å². The summed E-state index contributed by atoms with van der Waals surface area (Å²) in [5.41, 5.74) is 0.541. The van der Waals surface area contributed by atoms with Crippen molar-refractivity contribution in [2.45, 2.75) is 57.6 Å². The number of hydrogen-bond acceptors (Lipinski definition) is 4. The van der Waals surface area contributed by atoms with E-state index in [0.717, 1.165) is 38.6 Å². The van der Waals surface area contributed by atoms with Gasteiger partial charge in [-0.2, -0.15) is 0 Å². The van der Waals surface area contributed by atoms with Crippen LogP contribution in [-0.4, -0.2) is 47.7 Å². The molecule has 1 atom stereocenters. The molecule has 5 nitrogen and oxygen atoms in total. The van der Waals surface area contributed by atoms with Crippen LogP contribution in [0.3, 0.4) is 0 Å². The SMILES string of the molecule is CCC1CCCCN1C(=O)c1cnc(OC2CCOCC2)c(Cl)c1. The third kappa shape index (κ3) is 4.01. The number of pyridine rings is 1. The molecule has 3 heterocycles. The molecule has 132 valence electrons.